The number of carbonyl (C=O) groups excluding carboxylic acids is 1. The highest BCUT2D eigenvalue weighted by Gasteiger charge is 2.18. The number of carbonyl (C=O) groups is 1. The Morgan fingerprint density at radius 3 is 2.21 bits per heavy atom. The summed E-state index contributed by atoms with van der Waals surface area (Å²) in [5, 5.41) is 2.82. The standard InChI is InChI=1S/C22H22N2O3S/c1-15-6-4-8-19(12-15)23-22(25)18-7-5-9-20(14-18)24-28(26,27)21-13-16(2)10-11-17(21)3/h4-14,24H,1-3H3,(H,23,25). The summed E-state index contributed by atoms with van der Waals surface area (Å²) in [6, 6.07) is 19.2. The van der Waals surface area contributed by atoms with Crippen molar-refractivity contribution < 1.29 is 13.2 Å². The van der Waals surface area contributed by atoms with E-state index in [2.05, 4.69) is 10.0 Å². The summed E-state index contributed by atoms with van der Waals surface area (Å²) in [6.45, 7) is 5.53. The first-order valence-electron chi connectivity index (χ1n) is 8.83. The van der Waals surface area contributed by atoms with Gasteiger partial charge in [-0.05, 0) is 73.9 Å². The lowest BCUT2D eigenvalue weighted by molar-refractivity contribution is 0.102. The number of hydrogen-bond acceptors (Lipinski definition) is 3. The summed E-state index contributed by atoms with van der Waals surface area (Å²) in [5.41, 5.74) is 3.93. The lowest BCUT2D eigenvalue weighted by atomic mass is 10.1. The minimum Gasteiger partial charge on any atom is -0.322 e. The van der Waals surface area contributed by atoms with Gasteiger partial charge in [0.15, 0.2) is 0 Å². The third kappa shape index (κ3) is 4.58. The molecule has 1 amide bonds. The number of hydrogen-bond donors (Lipinski definition) is 2. The van der Waals surface area contributed by atoms with E-state index in [1.54, 1.807) is 43.3 Å². The summed E-state index contributed by atoms with van der Waals surface area (Å²) in [4.78, 5) is 12.7. The van der Waals surface area contributed by atoms with Crippen LogP contribution in [0.4, 0.5) is 11.4 Å². The van der Waals surface area contributed by atoms with Gasteiger partial charge in [-0.1, -0.05) is 30.3 Å². The van der Waals surface area contributed by atoms with Crippen molar-refractivity contribution in [2.45, 2.75) is 25.7 Å². The van der Waals surface area contributed by atoms with Gasteiger partial charge in [-0.25, -0.2) is 8.42 Å². The first-order valence-corrected chi connectivity index (χ1v) is 10.3. The topological polar surface area (TPSA) is 75.3 Å². The number of amides is 1. The molecule has 0 aliphatic heterocycles. The second-order valence-corrected chi connectivity index (χ2v) is 8.43. The van der Waals surface area contributed by atoms with Crippen LogP contribution in [0.2, 0.25) is 0 Å². The number of sulfonamides is 1. The van der Waals surface area contributed by atoms with Gasteiger partial charge in [0.1, 0.15) is 0 Å². The van der Waals surface area contributed by atoms with Crippen molar-refractivity contribution in [2.24, 2.45) is 0 Å². The molecule has 0 fully saturated rings. The molecule has 0 bridgehead atoms. The lowest BCUT2D eigenvalue weighted by Gasteiger charge is -2.12. The molecule has 3 rings (SSSR count). The summed E-state index contributed by atoms with van der Waals surface area (Å²) in [7, 11) is -3.76. The second kappa shape index (κ2) is 7.86. The molecule has 0 unspecified atom stereocenters. The number of aryl methyl sites for hydroxylation is 3. The van der Waals surface area contributed by atoms with Crippen molar-refractivity contribution in [2.75, 3.05) is 10.0 Å². The smallest absolute Gasteiger partial charge is 0.262 e. The van der Waals surface area contributed by atoms with Crippen LogP contribution in [-0.4, -0.2) is 14.3 Å². The predicted octanol–water partition coefficient (Wildman–Crippen LogP) is 4.66. The molecule has 5 nitrogen and oxygen atoms in total. The van der Waals surface area contributed by atoms with Crippen molar-refractivity contribution in [3.63, 3.8) is 0 Å². The van der Waals surface area contributed by atoms with E-state index in [0.717, 1.165) is 11.1 Å². The maximum atomic E-state index is 12.8. The lowest BCUT2D eigenvalue weighted by Crippen LogP contribution is -2.16. The summed E-state index contributed by atoms with van der Waals surface area (Å²) >= 11 is 0. The minimum absolute atomic E-state index is 0.224. The first kappa shape index (κ1) is 19.6. The second-order valence-electron chi connectivity index (χ2n) is 6.78. The van der Waals surface area contributed by atoms with Crippen molar-refractivity contribution in [1.82, 2.24) is 0 Å². The number of rotatable bonds is 5. The largest absolute Gasteiger partial charge is 0.322 e. The zero-order chi connectivity index (χ0) is 20.3. The Hall–Kier alpha value is -3.12. The van der Waals surface area contributed by atoms with Gasteiger partial charge < -0.3 is 5.32 Å². The fourth-order valence-corrected chi connectivity index (χ4v) is 4.24. The van der Waals surface area contributed by atoms with E-state index in [4.69, 9.17) is 0 Å². The highest BCUT2D eigenvalue weighted by Crippen LogP contribution is 2.22. The van der Waals surface area contributed by atoms with Crippen LogP contribution in [0.3, 0.4) is 0 Å². The Kier molecular flexibility index (Phi) is 5.51. The highest BCUT2D eigenvalue weighted by atomic mass is 32.2. The zero-order valence-electron chi connectivity index (χ0n) is 16.0. The fourth-order valence-electron chi connectivity index (χ4n) is 2.86. The molecule has 2 N–H and O–H groups in total. The molecule has 0 heterocycles. The van der Waals surface area contributed by atoms with Gasteiger partial charge in [0.25, 0.3) is 15.9 Å². The van der Waals surface area contributed by atoms with Gasteiger partial charge >= 0.3 is 0 Å². The first-order chi connectivity index (χ1) is 13.2. The summed E-state index contributed by atoms with van der Waals surface area (Å²) < 4.78 is 28.1. The van der Waals surface area contributed by atoms with Crippen molar-refractivity contribution in [1.29, 1.82) is 0 Å². The molecule has 6 heteroatoms. The summed E-state index contributed by atoms with van der Waals surface area (Å²) in [6.07, 6.45) is 0. The average Bonchev–Trinajstić information content (AvgIpc) is 2.63. The van der Waals surface area contributed by atoms with E-state index in [9.17, 15) is 13.2 Å². The molecule has 0 aromatic heterocycles. The van der Waals surface area contributed by atoms with Crippen LogP contribution >= 0.6 is 0 Å². The maximum Gasteiger partial charge on any atom is 0.262 e. The van der Waals surface area contributed by atoms with E-state index >= 15 is 0 Å². The van der Waals surface area contributed by atoms with Crippen LogP contribution in [0.25, 0.3) is 0 Å². The average molecular weight is 394 g/mol. The van der Waals surface area contributed by atoms with Gasteiger partial charge in [-0.3, -0.25) is 9.52 Å². The molecule has 28 heavy (non-hydrogen) atoms. The van der Waals surface area contributed by atoms with Crippen LogP contribution in [0.5, 0.6) is 0 Å². The van der Waals surface area contributed by atoms with Crippen LogP contribution < -0.4 is 10.0 Å². The van der Waals surface area contributed by atoms with Crippen LogP contribution in [-0.2, 0) is 10.0 Å². The molecular formula is C22H22N2O3S. The van der Waals surface area contributed by atoms with Gasteiger partial charge in [0, 0.05) is 16.9 Å². The fraction of sp³-hybridized carbons (Fsp3) is 0.136. The normalized spacial score (nSPS) is 11.1. The number of anilines is 2. The van der Waals surface area contributed by atoms with E-state index in [1.165, 1.54) is 6.07 Å². The van der Waals surface area contributed by atoms with E-state index in [-0.39, 0.29) is 10.8 Å². The van der Waals surface area contributed by atoms with Crippen molar-refractivity contribution in [3.8, 4) is 0 Å². The third-order valence-electron chi connectivity index (χ3n) is 4.29. The number of benzene rings is 3. The zero-order valence-corrected chi connectivity index (χ0v) is 16.8. The molecule has 3 aromatic rings. The Labute approximate surface area is 165 Å². The third-order valence-corrected chi connectivity index (χ3v) is 5.81. The maximum absolute atomic E-state index is 12.8. The summed E-state index contributed by atoms with van der Waals surface area (Å²) in [5.74, 6) is -0.307. The Balaban J connectivity index is 1.83. The molecular weight excluding hydrogens is 372 g/mol. The van der Waals surface area contributed by atoms with Crippen LogP contribution in [0, 0.1) is 20.8 Å². The molecule has 0 saturated heterocycles. The van der Waals surface area contributed by atoms with Gasteiger partial charge in [-0.15, -0.1) is 0 Å². The van der Waals surface area contributed by atoms with E-state index in [0.29, 0.717) is 22.5 Å². The molecule has 0 radical (unpaired) electrons. The van der Waals surface area contributed by atoms with Gasteiger partial charge in [0.05, 0.1) is 4.90 Å². The molecule has 144 valence electrons. The van der Waals surface area contributed by atoms with Crippen molar-refractivity contribution in [3.05, 3.63) is 89.0 Å². The molecule has 0 aliphatic carbocycles. The predicted molar refractivity (Wildman–Crippen MR) is 112 cm³/mol. The molecule has 0 aliphatic rings. The number of nitrogens with one attached hydrogen (secondary N) is 2. The highest BCUT2D eigenvalue weighted by molar-refractivity contribution is 7.92. The molecule has 3 aromatic carbocycles. The van der Waals surface area contributed by atoms with E-state index < -0.39 is 10.0 Å². The molecule has 0 saturated carbocycles. The molecule has 0 atom stereocenters. The Morgan fingerprint density at radius 2 is 1.46 bits per heavy atom. The van der Waals surface area contributed by atoms with Gasteiger partial charge in [0.2, 0.25) is 0 Å². The molecule has 0 spiro atoms. The minimum atomic E-state index is -3.76. The van der Waals surface area contributed by atoms with E-state index in [1.807, 2.05) is 38.1 Å². The monoisotopic (exact) mass is 394 g/mol. The van der Waals surface area contributed by atoms with Crippen molar-refractivity contribution >= 4 is 27.3 Å². The van der Waals surface area contributed by atoms with Crippen LogP contribution in [0.15, 0.2) is 71.6 Å². The SMILES string of the molecule is Cc1cccc(NC(=O)c2cccc(NS(=O)(=O)c3cc(C)ccc3C)c2)c1. The Bertz CT molecular complexity index is 1140. The van der Waals surface area contributed by atoms with Gasteiger partial charge in [-0.2, -0.15) is 0 Å². The Morgan fingerprint density at radius 1 is 0.786 bits per heavy atom. The quantitative estimate of drug-likeness (QED) is 0.661. The van der Waals surface area contributed by atoms with Crippen LogP contribution in [0.1, 0.15) is 27.0 Å².